The number of halogens is 1. The first-order valence-electron chi connectivity index (χ1n) is 4.64. The van der Waals surface area contributed by atoms with Crippen LogP contribution in [0.25, 0.3) is 0 Å². The number of aromatic nitrogens is 1. The first-order chi connectivity index (χ1) is 6.27. The number of nitrogens with zero attached hydrogens (tertiary/aromatic N) is 1. The Morgan fingerprint density at radius 2 is 2.23 bits per heavy atom. The van der Waals surface area contributed by atoms with Gasteiger partial charge < -0.3 is 5.73 Å². The van der Waals surface area contributed by atoms with Gasteiger partial charge in [-0.15, -0.1) is 0 Å². The third-order valence-corrected chi connectivity index (χ3v) is 2.75. The number of pyridine rings is 1. The van der Waals surface area contributed by atoms with Gasteiger partial charge in [0, 0.05) is 6.04 Å². The van der Waals surface area contributed by atoms with Gasteiger partial charge in [0.05, 0.1) is 11.9 Å². The average molecular weight is 180 g/mol. The van der Waals surface area contributed by atoms with Crippen molar-refractivity contribution in [2.24, 2.45) is 11.7 Å². The minimum absolute atomic E-state index is 0.00523. The zero-order valence-electron chi connectivity index (χ0n) is 7.41. The van der Waals surface area contributed by atoms with Crippen molar-refractivity contribution in [2.75, 3.05) is 0 Å². The molecule has 1 aliphatic rings. The molecular formula is C10H13FN2. The van der Waals surface area contributed by atoms with E-state index in [9.17, 15) is 4.39 Å². The van der Waals surface area contributed by atoms with Gasteiger partial charge in [-0.3, -0.25) is 4.98 Å². The highest BCUT2D eigenvalue weighted by atomic mass is 19.1. The van der Waals surface area contributed by atoms with Crippen LogP contribution in [0.2, 0.25) is 0 Å². The molecule has 0 amide bonds. The van der Waals surface area contributed by atoms with Crippen molar-refractivity contribution in [1.82, 2.24) is 4.98 Å². The molecule has 0 aromatic carbocycles. The summed E-state index contributed by atoms with van der Waals surface area (Å²) in [5.74, 6) is 0.252. The van der Waals surface area contributed by atoms with Crippen LogP contribution >= 0.6 is 0 Å². The predicted octanol–water partition coefficient (Wildman–Crippen LogP) is 2.02. The van der Waals surface area contributed by atoms with Crippen molar-refractivity contribution in [2.45, 2.75) is 25.3 Å². The van der Waals surface area contributed by atoms with Crippen LogP contribution in [0.3, 0.4) is 0 Å². The fraction of sp³-hybridized carbons (Fsp3) is 0.500. The Hall–Kier alpha value is -0.960. The van der Waals surface area contributed by atoms with Crippen molar-refractivity contribution in [1.29, 1.82) is 0 Å². The van der Waals surface area contributed by atoms with E-state index >= 15 is 0 Å². The topological polar surface area (TPSA) is 38.9 Å². The molecule has 1 heterocycles. The second-order valence-electron chi connectivity index (χ2n) is 3.62. The SMILES string of the molecule is NC(c1ccc(F)cn1)C1CCC1. The van der Waals surface area contributed by atoms with Crippen LogP contribution in [0.4, 0.5) is 4.39 Å². The number of hydrogen-bond donors (Lipinski definition) is 1. The molecule has 70 valence electrons. The van der Waals surface area contributed by atoms with E-state index in [2.05, 4.69) is 4.98 Å². The lowest BCUT2D eigenvalue weighted by atomic mass is 9.79. The first-order valence-corrected chi connectivity index (χ1v) is 4.64. The number of hydrogen-bond acceptors (Lipinski definition) is 2. The van der Waals surface area contributed by atoms with Crippen molar-refractivity contribution < 1.29 is 4.39 Å². The van der Waals surface area contributed by atoms with Gasteiger partial charge in [-0.2, -0.15) is 0 Å². The Balaban J connectivity index is 2.10. The maximum Gasteiger partial charge on any atom is 0.141 e. The Kier molecular flexibility index (Phi) is 2.27. The fourth-order valence-corrected chi connectivity index (χ4v) is 1.62. The molecule has 1 fully saturated rings. The molecule has 13 heavy (non-hydrogen) atoms. The average Bonchev–Trinajstić information content (AvgIpc) is 2.02. The van der Waals surface area contributed by atoms with Gasteiger partial charge in [-0.25, -0.2) is 4.39 Å². The van der Waals surface area contributed by atoms with Gasteiger partial charge in [0.15, 0.2) is 0 Å². The van der Waals surface area contributed by atoms with Crippen molar-refractivity contribution in [3.05, 3.63) is 29.8 Å². The lowest BCUT2D eigenvalue weighted by Gasteiger charge is -2.30. The highest BCUT2D eigenvalue weighted by Gasteiger charge is 2.26. The largest absolute Gasteiger partial charge is 0.322 e. The van der Waals surface area contributed by atoms with Crippen LogP contribution in [-0.4, -0.2) is 4.98 Å². The van der Waals surface area contributed by atoms with Gasteiger partial charge in [0.2, 0.25) is 0 Å². The van der Waals surface area contributed by atoms with E-state index in [1.807, 2.05) is 0 Å². The molecule has 2 N–H and O–H groups in total. The van der Waals surface area contributed by atoms with E-state index in [4.69, 9.17) is 5.73 Å². The Morgan fingerprint density at radius 3 is 2.69 bits per heavy atom. The van der Waals surface area contributed by atoms with E-state index in [-0.39, 0.29) is 11.9 Å². The highest BCUT2D eigenvalue weighted by Crippen LogP contribution is 2.35. The third-order valence-electron chi connectivity index (χ3n) is 2.75. The van der Waals surface area contributed by atoms with Gasteiger partial charge >= 0.3 is 0 Å². The highest BCUT2D eigenvalue weighted by molar-refractivity contribution is 5.11. The molecule has 1 aromatic heterocycles. The van der Waals surface area contributed by atoms with E-state index in [1.54, 1.807) is 6.07 Å². The Labute approximate surface area is 77.0 Å². The molecule has 1 aromatic rings. The fourth-order valence-electron chi connectivity index (χ4n) is 1.62. The van der Waals surface area contributed by atoms with Crippen molar-refractivity contribution in [3.63, 3.8) is 0 Å². The predicted molar refractivity (Wildman–Crippen MR) is 48.5 cm³/mol. The second kappa shape index (κ2) is 3.42. The van der Waals surface area contributed by atoms with Crippen LogP contribution in [-0.2, 0) is 0 Å². The van der Waals surface area contributed by atoms with E-state index in [0.29, 0.717) is 5.92 Å². The second-order valence-corrected chi connectivity index (χ2v) is 3.62. The summed E-state index contributed by atoms with van der Waals surface area (Å²) in [5.41, 5.74) is 6.78. The Morgan fingerprint density at radius 1 is 1.46 bits per heavy atom. The van der Waals surface area contributed by atoms with E-state index in [1.165, 1.54) is 31.5 Å². The van der Waals surface area contributed by atoms with Gasteiger partial charge in [0.1, 0.15) is 5.82 Å². The molecule has 2 nitrogen and oxygen atoms in total. The van der Waals surface area contributed by atoms with Crippen LogP contribution in [0.1, 0.15) is 31.0 Å². The maximum atomic E-state index is 12.5. The van der Waals surface area contributed by atoms with Crippen molar-refractivity contribution in [3.8, 4) is 0 Å². The number of nitrogens with two attached hydrogens (primary N) is 1. The van der Waals surface area contributed by atoms with Gasteiger partial charge in [-0.1, -0.05) is 6.42 Å². The van der Waals surface area contributed by atoms with Crippen LogP contribution in [0, 0.1) is 11.7 Å². The van der Waals surface area contributed by atoms with Crippen LogP contribution < -0.4 is 5.73 Å². The summed E-state index contributed by atoms with van der Waals surface area (Å²) < 4.78 is 12.5. The standard InChI is InChI=1S/C10H13FN2/c11-8-4-5-9(13-6-8)10(12)7-2-1-3-7/h4-7,10H,1-3,12H2. The van der Waals surface area contributed by atoms with Gasteiger partial charge in [0.25, 0.3) is 0 Å². The molecule has 0 radical (unpaired) electrons. The summed E-state index contributed by atoms with van der Waals surface area (Å²) in [7, 11) is 0. The summed E-state index contributed by atoms with van der Waals surface area (Å²) in [4.78, 5) is 3.98. The molecule has 1 saturated carbocycles. The third kappa shape index (κ3) is 1.70. The van der Waals surface area contributed by atoms with Gasteiger partial charge in [-0.05, 0) is 30.9 Å². The number of rotatable bonds is 2. The first kappa shape index (κ1) is 8.63. The van der Waals surface area contributed by atoms with E-state index in [0.717, 1.165) is 5.69 Å². The lowest BCUT2D eigenvalue weighted by molar-refractivity contribution is 0.261. The Bertz CT molecular complexity index is 279. The van der Waals surface area contributed by atoms with Crippen molar-refractivity contribution >= 4 is 0 Å². The molecular weight excluding hydrogens is 167 g/mol. The molecule has 1 atom stereocenters. The van der Waals surface area contributed by atoms with E-state index < -0.39 is 0 Å². The molecule has 2 rings (SSSR count). The molecule has 1 unspecified atom stereocenters. The maximum absolute atomic E-state index is 12.5. The lowest BCUT2D eigenvalue weighted by Crippen LogP contribution is -2.27. The molecule has 0 saturated heterocycles. The molecule has 1 aliphatic carbocycles. The summed E-state index contributed by atoms with van der Waals surface area (Å²) in [6.45, 7) is 0. The van der Waals surface area contributed by atoms with Crippen LogP contribution in [0.15, 0.2) is 18.3 Å². The zero-order valence-corrected chi connectivity index (χ0v) is 7.41. The molecule has 0 spiro atoms. The monoisotopic (exact) mass is 180 g/mol. The van der Waals surface area contributed by atoms with Crippen LogP contribution in [0.5, 0.6) is 0 Å². The normalized spacial score (nSPS) is 19.5. The molecule has 3 heteroatoms. The zero-order chi connectivity index (χ0) is 9.26. The molecule has 0 aliphatic heterocycles. The summed E-state index contributed by atoms with van der Waals surface area (Å²) >= 11 is 0. The minimum atomic E-state index is -0.301. The summed E-state index contributed by atoms with van der Waals surface area (Å²) in [6, 6.07) is 3.09. The smallest absolute Gasteiger partial charge is 0.141 e. The minimum Gasteiger partial charge on any atom is -0.322 e. The summed E-state index contributed by atoms with van der Waals surface area (Å²) in [6.07, 6.45) is 4.86. The quantitative estimate of drug-likeness (QED) is 0.756. The summed E-state index contributed by atoms with van der Waals surface area (Å²) in [5, 5.41) is 0. The molecule has 0 bridgehead atoms.